The molecule has 1 N–H and O–H groups in total. The smallest absolute Gasteiger partial charge is 0.261 e. The number of amides is 2. The lowest BCUT2D eigenvalue weighted by atomic mass is 10.1. The Morgan fingerprint density at radius 1 is 1.09 bits per heavy atom. The summed E-state index contributed by atoms with van der Waals surface area (Å²) in [5, 5.41) is 3.38. The van der Waals surface area contributed by atoms with Crippen molar-refractivity contribution in [3.8, 4) is 0 Å². The van der Waals surface area contributed by atoms with Gasteiger partial charge >= 0.3 is 0 Å². The van der Waals surface area contributed by atoms with E-state index in [1.54, 1.807) is 51.9 Å². The van der Waals surface area contributed by atoms with Crippen molar-refractivity contribution in [2.24, 2.45) is 0 Å². The van der Waals surface area contributed by atoms with Gasteiger partial charge in [-0.1, -0.05) is 12.1 Å². The standard InChI is InChI=1S/C25H26N4O4/c1-15-13-28(14-16(2)33-15)24(31)18-6-3-4-7-20(18)27-23(30)17-9-10-19-21(12-17)26-22-8-5-11-29(22)25(19)32/h3-4,6-7,9-10,12,15-16H,5,8,11,13-14H2,1-2H3,(H,27,30)/t15-,16-/m1/s1. The van der Waals surface area contributed by atoms with Gasteiger partial charge in [-0.3, -0.25) is 19.0 Å². The van der Waals surface area contributed by atoms with Crippen LogP contribution in [-0.4, -0.2) is 51.6 Å². The fourth-order valence-corrected chi connectivity index (χ4v) is 4.71. The number of ether oxygens (including phenoxy) is 1. The lowest BCUT2D eigenvalue weighted by Crippen LogP contribution is -2.48. The molecule has 3 heterocycles. The quantitative estimate of drug-likeness (QED) is 0.668. The Kier molecular flexibility index (Phi) is 5.46. The van der Waals surface area contributed by atoms with E-state index in [0.717, 1.165) is 18.7 Å². The Balaban J connectivity index is 1.42. The predicted octanol–water partition coefficient (Wildman–Crippen LogP) is 2.84. The Morgan fingerprint density at radius 3 is 2.64 bits per heavy atom. The molecule has 8 heteroatoms. The Morgan fingerprint density at radius 2 is 1.85 bits per heavy atom. The summed E-state index contributed by atoms with van der Waals surface area (Å²) in [6, 6.07) is 11.9. The molecule has 1 saturated heterocycles. The summed E-state index contributed by atoms with van der Waals surface area (Å²) in [4.78, 5) is 45.3. The van der Waals surface area contributed by atoms with Gasteiger partial charge in [0.2, 0.25) is 0 Å². The van der Waals surface area contributed by atoms with Crippen LogP contribution in [-0.2, 0) is 17.7 Å². The topological polar surface area (TPSA) is 93.5 Å². The van der Waals surface area contributed by atoms with Gasteiger partial charge in [-0.2, -0.15) is 0 Å². The number of carbonyl (C=O) groups excluding carboxylic acids is 2. The first-order chi connectivity index (χ1) is 15.9. The highest BCUT2D eigenvalue weighted by Crippen LogP contribution is 2.22. The molecule has 2 amide bonds. The zero-order chi connectivity index (χ0) is 23.1. The van der Waals surface area contributed by atoms with Crippen molar-refractivity contribution in [1.82, 2.24) is 14.5 Å². The summed E-state index contributed by atoms with van der Waals surface area (Å²) in [5.41, 5.74) is 1.71. The lowest BCUT2D eigenvalue weighted by Gasteiger charge is -2.35. The molecule has 8 nitrogen and oxygen atoms in total. The van der Waals surface area contributed by atoms with Crippen LogP contribution in [0.1, 0.15) is 46.8 Å². The lowest BCUT2D eigenvalue weighted by molar-refractivity contribution is -0.0585. The van der Waals surface area contributed by atoms with Gasteiger partial charge in [-0.25, -0.2) is 4.98 Å². The molecule has 0 unspecified atom stereocenters. The van der Waals surface area contributed by atoms with Crippen molar-refractivity contribution in [3.05, 3.63) is 69.8 Å². The molecule has 2 aliphatic rings. The molecule has 0 spiro atoms. The number of carbonyl (C=O) groups is 2. The molecular formula is C25H26N4O4. The average molecular weight is 447 g/mol. The van der Waals surface area contributed by atoms with Crippen LogP contribution in [0.3, 0.4) is 0 Å². The first-order valence-electron chi connectivity index (χ1n) is 11.3. The van der Waals surface area contributed by atoms with Crippen LogP contribution < -0.4 is 10.9 Å². The van der Waals surface area contributed by atoms with Gasteiger partial charge in [0.05, 0.1) is 34.4 Å². The third kappa shape index (κ3) is 4.02. The number of fused-ring (bicyclic) bond motifs is 2. The number of nitrogens with zero attached hydrogens (tertiary/aromatic N) is 3. The second kappa shape index (κ2) is 8.44. The van der Waals surface area contributed by atoms with Crippen molar-refractivity contribution in [2.45, 2.75) is 45.4 Å². The maximum absolute atomic E-state index is 13.2. The Labute approximate surface area is 191 Å². The molecule has 33 heavy (non-hydrogen) atoms. The number of hydrogen-bond donors (Lipinski definition) is 1. The van der Waals surface area contributed by atoms with Crippen LogP contribution in [0.4, 0.5) is 5.69 Å². The average Bonchev–Trinajstić information content (AvgIpc) is 3.27. The van der Waals surface area contributed by atoms with Crippen molar-refractivity contribution >= 4 is 28.4 Å². The monoisotopic (exact) mass is 446 g/mol. The Bertz CT molecular complexity index is 1310. The van der Waals surface area contributed by atoms with E-state index < -0.39 is 0 Å². The maximum Gasteiger partial charge on any atom is 0.261 e. The van der Waals surface area contributed by atoms with E-state index in [4.69, 9.17) is 4.74 Å². The van der Waals surface area contributed by atoms with Crippen LogP contribution in [0.25, 0.3) is 10.9 Å². The number of hydrogen-bond acceptors (Lipinski definition) is 5. The number of benzene rings is 2. The highest BCUT2D eigenvalue weighted by atomic mass is 16.5. The van der Waals surface area contributed by atoms with Gasteiger partial charge in [0.25, 0.3) is 17.4 Å². The molecule has 0 bridgehead atoms. The number of rotatable bonds is 3. The predicted molar refractivity (Wildman–Crippen MR) is 125 cm³/mol. The number of morpholine rings is 1. The van der Waals surface area contributed by atoms with Crippen LogP contribution in [0.5, 0.6) is 0 Å². The third-order valence-electron chi connectivity index (χ3n) is 6.19. The summed E-state index contributed by atoms with van der Waals surface area (Å²) in [7, 11) is 0. The van der Waals surface area contributed by atoms with E-state index in [-0.39, 0.29) is 29.6 Å². The third-order valence-corrected chi connectivity index (χ3v) is 6.19. The van der Waals surface area contributed by atoms with Gasteiger partial charge in [0.15, 0.2) is 0 Å². The van der Waals surface area contributed by atoms with E-state index in [9.17, 15) is 14.4 Å². The minimum absolute atomic E-state index is 0.0462. The van der Waals surface area contributed by atoms with Crippen molar-refractivity contribution in [2.75, 3.05) is 18.4 Å². The molecule has 0 saturated carbocycles. The number of anilines is 1. The minimum Gasteiger partial charge on any atom is -0.372 e. The van der Waals surface area contributed by atoms with Gasteiger partial charge in [0.1, 0.15) is 5.82 Å². The maximum atomic E-state index is 13.2. The van der Waals surface area contributed by atoms with Crippen molar-refractivity contribution in [1.29, 1.82) is 0 Å². The molecule has 3 aromatic rings. The van der Waals surface area contributed by atoms with Crippen LogP contribution >= 0.6 is 0 Å². The van der Waals surface area contributed by atoms with Crippen LogP contribution in [0.2, 0.25) is 0 Å². The number of aromatic nitrogens is 2. The largest absolute Gasteiger partial charge is 0.372 e. The summed E-state index contributed by atoms with van der Waals surface area (Å²) in [6.07, 6.45) is 1.57. The fraction of sp³-hybridized carbons (Fsp3) is 0.360. The van der Waals surface area contributed by atoms with Crippen molar-refractivity contribution in [3.63, 3.8) is 0 Å². The first kappa shape index (κ1) is 21.3. The van der Waals surface area contributed by atoms with Crippen LogP contribution in [0.15, 0.2) is 47.3 Å². The van der Waals surface area contributed by atoms with Crippen LogP contribution in [0, 0.1) is 0 Å². The normalized spacial score (nSPS) is 20.0. The molecule has 2 aliphatic heterocycles. The van der Waals surface area contributed by atoms with Gasteiger partial charge < -0.3 is 15.0 Å². The molecular weight excluding hydrogens is 420 g/mol. The van der Waals surface area contributed by atoms with E-state index in [1.165, 1.54) is 0 Å². The highest BCUT2D eigenvalue weighted by Gasteiger charge is 2.28. The molecule has 1 aromatic heterocycles. The number of nitrogens with one attached hydrogen (secondary N) is 1. The zero-order valence-corrected chi connectivity index (χ0v) is 18.7. The molecule has 5 rings (SSSR count). The minimum atomic E-state index is -0.358. The van der Waals surface area contributed by atoms with E-state index >= 15 is 0 Å². The van der Waals surface area contributed by atoms with Gasteiger partial charge in [-0.15, -0.1) is 0 Å². The molecule has 0 aliphatic carbocycles. The Hall–Kier alpha value is -3.52. The second-order valence-corrected chi connectivity index (χ2v) is 8.79. The summed E-state index contributed by atoms with van der Waals surface area (Å²) >= 11 is 0. The molecule has 2 atom stereocenters. The first-order valence-corrected chi connectivity index (χ1v) is 11.3. The number of aryl methyl sites for hydroxylation is 1. The van der Waals surface area contributed by atoms with Gasteiger partial charge in [0, 0.05) is 31.6 Å². The number of para-hydroxylation sites is 1. The summed E-state index contributed by atoms with van der Waals surface area (Å²) in [5.74, 6) is 0.259. The molecule has 0 radical (unpaired) electrons. The molecule has 2 aromatic carbocycles. The highest BCUT2D eigenvalue weighted by molar-refractivity contribution is 6.10. The van der Waals surface area contributed by atoms with E-state index in [2.05, 4.69) is 10.3 Å². The SMILES string of the molecule is C[C@@H]1CN(C(=O)c2ccccc2NC(=O)c2ccc3c(=O)n4c(nc3c2)CCC4)C[C@@H](C)O1. The molecule has 170 valence electrons. The summed E-state index contributed by atoms with van der Waals surface area (Å²) in [6.45, 7) is 5.57. The second-order valence-electron chi connectivity index (χ2n) is 8.79. The van der Waals surface area contributed by atoms with E-state index in [0.29, 0.717) is 47.4 Å². The van der Waals surface area contributed by atoms with Gasteiger partial charge in [-0.05, 0) is 50.6 Å². The molecule has 1 fully saturated rings. The zero-order valence-electron chi connectivity index (χ0n) is 18.7. The van der Waals surface area contributed by atoms with Crippen molar-refractivity contribution < 1.29 is 14.3 Å². The summed E-state index contributed by atoms with van der Waals surface area (Å²) < 4.78 is 7.44. The van der Waals surface area contributed by atoms with E-state index in [1.807, 2.05) is 13.8 Å². The fourth-order valence-electron chi connectivity index (χ4n) is 4.71.